The first-order valence-electron chi connectivity index (χ1n) is 8.75. The molecule has 9 heteroatoms. The van der Waals surface area contributed by atoms with E-state index >= 15 is 0 Å². The first-order valence-corrected chi connectivity index (χ1v) is 10.2. The molecule has 136 valence electrons. The molecule has 0 rings (SSSR count). The third-order valence-electron chi connectivity index (χ3n) is 3.51. The Morgan fingerprint density at radius 2 is 0.800 bits per heavy atom. The second-order valence-corrected chi connectivity index (χ2v) is 6.66. The van der Waals surface area contributed by atoms with Crippen molar-refractivity contribution in [3.8, 4) is 0 Å². The van der Waals surface area contributed by atoms with Crippen molar-refractivity contribution in [3.63, 3.8) is 0 Å². The smallest absolute Gasteiger partial charge is 0.822 e. The van der Waals surface area contributed by atoms with Crippen molar-refractivity contribution in [3.05, 3.63) is 0 Å². The van der Waals surface area contributed by atoms with E-state index in [9.17, 15) is 0 Å². The SMILES string of the molecule is CCCCCCCCCCCCCCCCO.O=P([O-])([O-])[O-].[K+].[K+].[K+]. The van der Waals surface area contributed by atoms with Gasteiger partial charge in [-0.25, -0.2) is 0 Å². The summed E-state index contributed by atoms with van der Waals surface area (Å²) in [7, 11) is -5.39. The molecule has 0 aliphatic carbocycles. The largest absolute Gasteiger partial charge is 1.00 e. The zero-order valence-electron chi connectivity index (χ0n) is 17.1. The second kappa shape index (κ2) is 33.6. The van der Waals surface area contributed by atoms with E-state index in [1.807, 2.05) is 0 Å². The number of aliphatic hydroxyl groups excluding tert-OH is 1. The summed E-state index contributed by atoms with van der Waals surface area (Å²) in [5.74, 6) is 0. The van der Waals surface area contributed by atoms with Crippen LogP contribution in [-0.2, 0) is 4.57 Å². The van der Waals surface area contributed by atoms with Crippen LogP contribution in [0, 0.1) is 0 Å². The van der Waals surface area contributed by atoms with E-state index < -0.39 is 7.82 Å². The van der Waals surface area contributed by atoms with Gasteiger partial charge in [0.2, 0.25) is 0 Å². The maximum atomic E-state index is 8.64. The van der Waals surface area contributed by atoms with E-state index in [4.69, 9.17) is 24.4 Å². The van der Waals surface area contributed by atoms with Crippen LogP contribution in [0.5, 0.6) is 0 Å². The summed E-state index contributed by atoms with van der Waals surface area (Å²) >= 11 is 0. The Labute approximate surface area is 283 Å². The van der Waals surface area contributed by atoms with Crippen molar-refractivity contribution in [2.24, 2.45) is 0 Å². The summed E-state index contributed by atoms with van der Waals surface area (Å²) < 4.78 is 8.55. The molecule has 5 nitrogen and oxygen atoms in total. The second-order valence-electron chi connectivity index (χ2n) is 5.77. The van der Waals surface area contributed by atoms with Gasteiger partial charge in [-0.05, 0) is 6.42 Å². The van der Waals surface area contributed by atoms with Gasteiger partial charge in [-0.1, -0.05) is 90.4 Å². The number of hydrogen-bond donors (Lipinski definition) is 1. The van der Waals surface area contributed by atoms with Crippen LogP contribution in [0.2, 0.25) is 0 Å². The Kier molecular flexibility index (Phi) is 54.2. The van der Waals surface area contributed by atoms with Crippen molar-refractivity contribution < 1.29 is 179 Å². The van der Waals surface area contributed by atoms with Gasteiger partial charge < -0.3 is 24.4 Å². The van der Waals surface area contributed by atoms with Crippen molar-refractivity contribution in [1.82, 2.24) is 0 Å². The molecule has 0 aromatic heterocycles. The summed E-state index contributed by atoms with van der Waals surface area (Å²) in [6.07, 6.45) is 19.2. The molecule has 0 aliphatic rings. The van der Waals surface area contributed by atoms with Gasteiger partial charge in [0.15, 0.2) is 0 Å². The maximum absolute atomic E-state index is 8.64. The minimum Gasteiger partial charge on any atom is -0.822 e. The van der Waals surface area contributed by atoms with Crippen LogP contribution < -0.4 is 169 Å². The molecule has 1 N–H and O–H groups in total. The van der Waals surface area contributed by atoms with Crippen LogP contribution in [0.15, 0.2) is 0 Å². The van der Waals surface area contributed by atoms with Crippen LogP contribution in [0.3, 0.4) is 0 Å². The number of aliphatic hydroxyl groups is 1. The molecule has 0 aromatic rings. The average Bonchev–Trinajstić information content (AvgIpc) is 2.42. The summed E-state index contributed by atoms with van der Waals surface area (Å²) in [6, 6.07) is 0. The van der Waals surface area contributed by atoms with Crippen LogP contribution in [0.25, 0.3) is 0 Å². The topological polar surface area (TPSA) is 106 Å². The van der Waals surface area contributed by atoms with Gasteiger partial charge in [0.1, 0.15) is 0 Å². The fourth-order valence-corrected chi connectivity index (χ4v) is 2.31. The molecule has 0 atom stereocenters. The standard InChI is InChI=1S/C16H34O.3K.H3O4P/c1-2-3-4-5-6-7-8-9-10-11-12-13-14-15-16-17;;;;1-5(2,3)4/h17H,2-16H2,1H3;;;;(H3,1,2,3,4)/q;3*+1;/p-3. The molecule has 0 bridgehead atoms. The van der Waals surface area contributed by atoms with Crippen LogP contribution >= 0.6 is 7.82 Å². The Bertz CT molecular complexity index is 234. The number of phosphoric acid groups is 1. The molecule has 0 saturated heterocycles. The predicted octanol–water partition coefficient (Wildman–Crippen LogP) is -6.35. The monoisotopic (exact) mass is 454 g/mol. The third-order valence-corrected chi connectivity index (χ3v) is 3.51. The zero-order chi connectivity index (χ0) is 17.1. The molecule has 0 unspecified atom stereocenters. The molecule has 0 aliphatic heterocycles. The molecule has 0 spiro atoms. The minimum absolute atomic E-state index is 0. The maximum Gasteiger partial charge on any atom is 1.00 e. The molecule has 0 heterocycles. The predicted molar refractivity (Wildman–Crippen MR) is 85.0 cm³/mol. The van der Waals surface area contributed by atoms with Gasteiger partial charge in [0, 0.05) is 6.61 Å². The van der Waals surface area contributed by atoms with Crippen molar-refractivity contribution in [2.45, 2.75) is 96.8 Å². The van der Waals surface area contributed by atoms with E-state index in [0.717, 1.165) is 6.42 Å². The van der Waals surface area contributed by atoms with Crippen LogP contribution in [-0.4, -0.2) is 11.7 Å². The summed E-state index contributed by atoms with van der Waals surface area (Å²) in [5, 5.41) is 8.64. The van der Waals surface area contributed by atoms with E-state index in [0.29, 0.717) is 6.61 Å². The summed E-state index contributed by atoms with van der Waals surface area (Å²) in [5.41, 5.74) is 0. The normalized spacial score (nSPS) is 9.80. The number of hydrogen-bond acceptors (Lipinski definition) is 5. The first kappa shape index (κ1) is 40.3. The quantitative estimate of drug-likeness (QED) is 0.160. The Morgan fingerprint density at radius 3 is 1.00 bits per heavy atom. The average molecular weight is 455 g/mol. The van der Waals surface area contributed by atoms with Gasteiger partial charge >= 0.3 is 154 Å². The molecule has 0 radical (unpaired) electrons. The van der Waals surface area contributed by atoms with E-state index in [2.05, 4.69) is 6.92 Å². The molecule has 0 amide bonds. The molecule has 25 heavy (non-hydrogen) atoms. The Balaban J connectivity index is -0.000000147. The van der Waals surface area contributed by atoms with Crippen LogP contribution in [0.4, 0.5) is 0 Å². The molecule has 0 saturated carbocycles. The van der Waals surface area contributed by atoms with Gasteiger partial charge in [-0.15, -0.1) is 0 Å². The number of rotatable bonds is 14. The van der Waals surface area contributed by atoms with Gasteiger partial charge in [-0.3, -0.25) is 0 Å². The zero-order valence-corrected chi connectivity index (χ0v) is 27.4. The van der Waals surface area contributed by atoms with Crippen molar-refractivity contribution >= 4 is 7.82 Å². The summed E-state index contributed by atoms with van der Waals surface area (Å²) in [6.45, 7) is 2.65. The van der Waals surface area contributed by atoms with Crippen molar-refractivity contribution in [2.75, 3.05) is 6.61 Å². The van der Waals surface area contributed by atoms with Crippen LogP contribution in [0.1, 0.15) is 96.8 Å². The Morgan fingerprint density at radius 1 is 0.600 bits per heavy atom. The molecule has 0 fully saturated rings. The van der Waals surface area contributed by atoms with Crippen molar-refractivity contribution in [1.29, 1.82) is 0 Å². The van der Waals surface area contributed by atoms with Gasteiger partial charge in [0.25, 0.3) is 0 Å². The fraction of sp³-hybridized carbons (Fsp3) is 1.00. The Hall–Kier alpha value is 4.98. The van der Waals surface area contributed by atoms with Gasteiger partial charge in [-0.2, -0.15) is 7.82 Å². The molecular weight excluding hydrogens is 420 g/mol. The van der Waals surface area contributed by atoms with E-state index in [-0.39, 0.29) is 154 Å². The molecular formula is C16H34K3O5P. The molecule has 0 aromatic carbocycles. The number of unbranched alkanes of at least 4 members (excludes halogenated alkanes) is 13. The van der Waals surface area contributed by atoms with E-state index in [1.54, 1.807) is 0 Å². The minimum atomic E-state index is -5.39. The first-order chi connectivity index (χ1) is 10.4. The third kappa shape index (κ3) is 58.6. The summed E-state index contributed by atoms with van der Waals surface area (Å²) in [4.78, 5) is 25.6. The van der Waals surface area contributed by atoms with E-state index in [1.165, 1.54) is 83.5 Å². The fourth-order valence-electron chi connectivity index (χ4n) is 2.31. The van der Waals surface area contributed by atoms with Gasteiger partial charge in [0.05, 0.1) is 0 Å².